The molecule has 0 bridgehead atoms. The minimum atomic E-state index is 0. The van der Waals surface area contributed by atoms with E-state index in [0.717, 1.165) is 63.2 Å². The second-order valence-electron chi connectivity index (χ2n) is 6.33. The number of aliphatic imine (C=N–C) groups is 1. The average molecular weight is 475 g/mol. The SMILES string of the molecule is CCOCCCNC(=NC)NCc1ccc(N2CCCCCC2)nc1.I. The fourth-order valence-electron chi connectivity index (χ4n) is 2.94. The fraction of sp³-hybridized carbons (Fsp3) is 0.684. The number of pyridine rings is 1. The standard InChI is InChI=1S/C19H33N5O.HI/c1-3-25-14-8-11-21-19(20-2)23-16-17-9-10-18(22-15-17)24-12-6-4-5-7-13-24;/h9-10,15H,3-8,11-14,16H2,1-2H3,(H2,20,21,23);1H. The van der Waals surface area contributed by atoms with Gasteiger partial charge in [0.1, 0.15) is 5.82 Å². The van der Waals surface area contributed by atoms with Crippen molar-refractivity contribution < 1.29 is 4.74 Å². The molecule has 1 aromatic rings. The summed E-state index contributed by atoms with van der Waals surface area (Å²) in [5.41, 5.74) is 1.16. The number of nitrogens with one attached hydrogen (secondary N) is 2. The Kier molecular flexibility index (Phi) is 12.4. The van der Waals surface area contributed by atoms with Crippen molar-refractivity contribution in [3.63, 3.8) is 0 Å². The quantitative estimate of drug-likeness (QED) is 0.262. The molecule has 0 unspecified atom stereocenters. The second-order valence-corrected chi connectivity index (χ2v) is 6.33. The molecule has 0 aromatic carbocycles. The molecule has 1 aliphatic rings. The molecule has 0 spiro atoms. The van der Waals surface area contributed by atoms with Crippen LogP contribution in [0.2, 0.25) is 0 Å². The summed E-state index contributed by atoms with van der Waals surface area (Å²) in [6, 6.07) is 4.29. The van der Waals surface area contributed by atoms with Crippen molar-refractivity contribution in [3.05, 3.63) is 23.9 Å². The van der Waals surface area contributed by atoms with E-state index in [-0.39, 0.29) is 24.0 Å². The van der Waals surface area contributed by atoms with Crippen molar-refractivity contribution in [3.8, 4) is 0 Å². The van der Waals surface area contributed by atoms with Crippen LogP contribution in [0.1, 0.15) is 44.6 Å². The molecular formula is C19H34IN5O. The Bertz CT molecular complexity index is 501. The minimum absolute atomic E-state index is 0. The van der Waals surface area contributed by atoms with Crippen LogP contribution in [0.25, 0.3) is 0 Å². The maximum atomic E-state index is 5.33. The van der Waals surface area contributed by atoms with Gasteiger partial charge in [-0.25, -0.2) is 4.98 Å². The van der Waals surface area contributed by atoms with Gasteiger partial charge in [0.05, 0.1) is 0 Å². The van der Waals surface area contributed by atoms with Crippen molar-refractivity contribution in [2.45, 2.75) is 45.6 Å². The van der Waals surface area contributed by atoms with Gasteiger partial charge >= 0.3 is 0 Å². The lowest BCUT2D eigenvalue weighted by Gasteiger charge is -2.21. The Labute approximate surface area is 175 Å². The highest BCUT2D eigenvalue weighted by atomic mass is 127. The number of halogens is 1. The molecule has 7 heteroatoms. The van der Waals surface area contributed by atoms with Gasteiger partial charge in [-0.3, -0.25) is 4.99 Å². The lowest BCUT2D eigenvalue weighted by atomic mass is 10.2. The maximum Gasteiger partial charge on any atom is 0.191 e. The highest BCUT2D eigenvalue weighted by Crippen LogP contribution is 2.17. The van der Waals surface area contributed by atoms with E-state index in [1.165, 1.54) is 25.7 Å². The van der Waals surface area contributed by atoms with Crippen molar-refractivity contribution in [1.82, 2.24) is 15.6 Å². The van der Waals surface area contributed by atoms with Gasteiger partial charge in [0.2, 0.25) is 0 Å². The molecule has 148 valence electrons. The molecule has 2 heterocycles. The molecule has 0 atom stereocenters. The number of rotatable bonds is 8. The number of hydrogen-bond acceptors (Lipinski definition) is 4. The average Bonchev–Trinajstić information content (AvgIpc) is 2.94. The van der Waals surface area contributed by atoms with E-state index in [0.29, 0.717) is 0 Å². The number of ether oxygens (including phenoxy) is 1. The highest BCUT2D eigenvalue weighted by molar-refractivity contribution is 14.0. The summed E-state index contributed by atoms with van der Waals surface area (Å²) in [6.07, 6.45) is 8.17. The van der Waals surface area contributed by atoms with E-state index >= 15 is 0 Å². The first-order valence-corrected chi connectivity index (χ1v) is 9.55. The topological polar surface area (TPSA) is 61.8 Å². The largest absolute Gasteiger partial charge is 0.382 e. The van der Waals surface area contributed by atoms with E-state index in [1.54, 1.807) is 7.05 Å². The molecule has 6 nitrogen and oxygen atoms in total. The summed E-state index contributed by atoms with van der Waals surface area (Å²) in [6.45, 7) is 7.39. The molecule has 0 radical (unpaired) electrons. The zero-order chi connectivity index (χ0) is 17.7. The number of hydrogen-bond donors (Lipinski definition) is 2. The van der Waals surface area contributed by atoms with Crippen LogP contribution in [-0.2, 0) is 11.3 Å². The third-order valence-corrected chi connectivity index (χ3v) is 4.38. The van der Waals surface area contributed by atoms with E-state index in [9.17, 15) is 0 Å². The highest BCUT2D eigenvalue weighted by Gasteiger charge is 2.10. The van der Waals surface area contributed by atoms with Gasteiger partial charge in [0.15, 0.2) is 5.96 Å². The molecule has 0 amide bonds. The van der Waals surface area contributed by atoms with Crippen LogP contribution < -0.4 is 15.5 Å². The Morgan fingerprint density at radius 3 is 2.58 bits per heavy atom. The molecule has 0 saturated carbocycles. The summed E-state index contributed by atoms with van der Waals surface area (Å²) < 4.78 is 5.33. The van der Waals surface area contributed by atoms with Crippen LogP contribution in [0.4, 0.5) is 5.82 Å². The van der Waals surface area contributed by atoms with Gasteiger partial charge in [0, 0.05) is 52.6 Å². The first-order valence-electron chi connectivity index (χ1n) is 9.55. The van der Waals surface area contributed by atoms with Crippen LogP contribution in [0, 0.1) is 0 Å². The monoisotopic (exact) mass is 475 g/mol. The van der Waals surface area contributed by atoms with Gasteiger partial charge in [-0.2, -0.15) is 0 Å². The van der Waals surface area contributed by atoms with Crippen molar-refractivity contribution in [1.29, 1.82) is 0 Å². The Morgan fingerprint density at radius 1 is 1.19 bits per heavy atom. The van der Waals surface area contributed by atoms with E-state index in [4.69, 9.17) is 4.74 Å². The normalized spacial score (nSPS) is 15.2. The molecule has 1 aliphatic heterocycles. The van der Waals surface area contributed by atoms with E-state index in [1.807, 2.05) is 13.1 Å². The molecular weight excluding hydrogens is 441 g/mol. The molecule has 2 N–H and O–H groups in total. The molecule has 2 rings (SSSR count). The van der Waals surface area contributed by atoms with Crippen molar-refractivity contribution >= 4 is 35.8 Å². The number of anilines is 1. The summed E-state index contributed by atoms with van der Waals surface area (Å²) >= 11 is 0. The lowest BCUT2D eigenvalue weighted by molar-refractivity contribution is 0.145. The van der Waals surface area contributed by atoms with Crippen LogP contribution in [0.5, 0.6) is 0 Å². The Balaban J connectivity index is 0.00000338. The third-order valence-electron chi connectivity index (χ3n) is 4.38. The summed E-state index contributed by atoms with van der Waals surface area (Å²) in [7, 11) is 1.79. The second kappa shape index (κ2) is 14.0. The molecule has 0 aliphatic carbocycles. The van der Waals surface area contributed by atoms with Crippen LogP contribution in [0.15, 0.2) is 23.3 Å². The summed E-state index contributed by atoms with van der Waals surface area (Å²) in [5.74, 6) is 1.91. The lowest BCUT2D eigenvalue weighted by Crippen LogP contribution is -2.37. The third kappa shape index (κ3) is 8.53. The van der Waals surface area contributed by atoms with Gasteiger partial charge in [-0.05, 0) is 37.8 Å². The van der Waals surface area contributed by atoms with E-state index in [2.05, 4.69) is 37.6 Å². The smallest absolute Gasteiger partial charge is 0.191 e. The molecule has 1 aromatic heterocycles. The maximum absolute atomic E-state index is 5.33. The van der Waals surface area contributed by atoms with Gasteiger partial charge in [0.25, 0.3) is 0 Å². The first-order chi connectivity index (χ1) is 12.3. The minimum Gasteiger partial charge on any atom is -0.382 e. The number of guanidine groups is 1. The summed E-state index contributed by atoms with van der Waals surface area (Å²) in [4.78, 5) is 11.3. The first kappa shape index (κ1) is 23.0. The van der Waals surface area contributed by atoms with Crippen LogP contribution >= 0.6 is 24.0 Å². The van der Waals surface area contributed by atoms with Crippen molar-refractivity contribution in [2.24, 2.45) is 4.99 Å². The van der Waals surface area contributed by atoms with Crippen molar-refractivity contribution in [2.75, 3.05) is 44.8 Å². The zero-order valence-corrected chi connectivity index (χ0v) is 18.5. The number of nitrogens with zero attached hydrogens (tertiary/aromatic N) is 3. The van der Waals surface area contributed by atoms with Crippen LogP contribution in [-0.4, -0.2) is 50.8 Å². The number of aromatic nitrogens is 1. The Morgan fingerprint density at radius 2 is 1.96 bits per heavy atom. The predicted octanol–water partition coefficient (Wildman–Crippen LogP) is 3.17. The fourth-order valence-corrected chi connectivity index (χ4v) is 2.94. The summed E-state index contributed by atoms with van der Waals surface area (Å²) in [5, 5.41) is 6.63. The van der Waals surface area contributed by atoms with Gasteiger partial charge in [-0.1, -0.05) is 18.9 Å². The molecule has 1 saturated heterocycles. The van der Waals surface area contributed by atoms with Gasteiger partial charge in [-0.15, -0.1) is 24.0 Å². The van der Waals surface area contributed by atoms with E-state index < -0.39 is 0 Å². The Hall–Kier alpha value is -1.09. The molecule has 26 heavy (non-hydrogen) atoms. The predicted molar refractivity (Wildman–Crippen MR) is 120 cm³/mol. The van der Waals surface area contributed by atoms with Crippen LogP contribution in [0.3, 0.4) is 0 Å². The zero-order valence-electron chi connectivity index (χ0n) is 16.2. The van der Waals surface area contributed by atoms with Gasteiger partial charge < -0.3 is 20.3 Å². The molecule has 1 fully saturated rings.